The summed E-state index contributed by atoms with van der Waals surface area (Å²) >= 11 is 0. The van der Waals surface area contributed by atoms with Crippen molar-refractivity contribution in [3.8, 4) is 0 Å². The standard InChI is InChI=1S/C16H21NO3/c1-11(2)7-15(18)17-10-14(16(19)20)9-13-6-4-5-12(3)8-13/h4-8,14H,9-10H2,1-3H3,(H,17,18)(H,19,20)/t14-/m0/s1. The van der Waals surface area contributed by atoms with E-state index < -0.39 is 11.9 Å². The molecule has 0 saturated carbocycles. The number of hydrogen-bond acceptors (Lipinski definition) is 2. The Morgan fingerprint density at radius 1 is 1.35 bits per heavy atom. The molecule has 0 aliphatic carbocycles. The molecule has 4 heteroatoms. The number of carboxylic acid groups (broad SMARTS) is 1. The van der Waals surface area contributed by atoms with Gasteiger partial charge in [-0.25, -0.2) is 0 Å². The lowest BCUT2D eigenvalue weighted by atomic mass is 9.98. The van der Waals surface area contributed by atoms with Crippen molar-refractivity contribution in [3.63, 3.8) is 0 Å². The van der Waals surface area contributed by atoms with E-state index in [4.69, 9.17) is 0 Å². The van der Waals surface area contributed by atoms with Crippen LogP contribution >= 0.6 is 0 Å². The number of carboxylic acids is 1. The second-order valence-corrected chi connectivity index (χ2v) is 5.20. The van der Waals surface area contributed by atoms with Gasteiger partial charge in [-0.15, -0.1) is 0 Å². The number of hydrogen-bond donors (Lipinski definition) is 2. The summed E-state index contributed by atoms with van der Waals surface area (Å²) in [5, 5.41) is 11.9. The fourth-order valence-corrected chi connectivity index (χ4v) is 1.91. The average Bonchev–Trinajstić information content (AvgIpc) is 2.33. The van der Waals surface area contributed by atoms with Crippen LogP contribution in [0, 0.1) is 12.8 Å². The van der Waals surface area contributed by atoms with E-state index in [2.05, 4.69) is 5.32 Å². The Morgan fingerprint density at radius 3 is 2.60 bits per heavy atom. The van der Waals surface area contributed by atoms with Gasteiger partial charge in [0, 0.05) is 12.6 Å². The van der Waals surface area contributed by atoms with Gasteiger partial charge in [0.25, 0.3) is 0 Å². The van der Waals surface area contributed by atoms with Gasteiger partial charge in [0.1, 0.15) is 0 Å². The number of aliphatic carboxylic acids is 1. The highest BCUT2D eigenvalue weighted by atomic mass is 16.4. The van der Waals surface area contributed by atoms with Crippen molar-refractivity contribution in [2.24, 2.45) is 5.92 Å². The minimum Gasteiger partial charge on any atom is -0.481 e. The Balaban J connectivity index is 2.64. The van der Waals surface area contributed by atoms with Gasteiger partial charge in [-0.3, -0.25) is 9.59 Å². The van der Waals surface area contributed by atoms with Crippen LogP contribution in [0.5, 0.6) is 0 Å². The normalized spacial score (nSPS) is 11.6. The maximum atomic E-state index is 11.5. The summed E-state index contributed by atoms with van der Waals surface area (Å²) in [5.74, 6) is -1.77. The number of benzene rings is 1. The zero-order valence-electron chi connectivity index (χ0n) is 12.1. The van der Waals surface area contributed by atoms with Gasteiger partial charge in [-0.2, -0.15) is 0 Å². The monoisotopic (exact) mass is 275 g/mol. The third-order valence-corrected chi connectivity index (χ3v) is 2.86. The molecule has 108 valence electrons. The van der Waals surface area contributed by atoms with E-state index in [1.807, 2.05) is 45.0 Å². The lowest BCUT2D eigenvalue weighted by Gasteiger charge is -2.13. The van der Waals surface area contributed by atoms with Crippen molar-refractivity contribution >= 4 is 11.9 Å². The largest absolute Gasteiger partial charge is 0.481 e. The van der Waals surface area contributed by atoms with Crippen molar-refractivity contribution in [3.05, 3.63) is 47.0 Å². The molecule has 0 spiro atoms. The Kier molecular flexibility index (Phi) is 5.97. The predicted molar refractivity (Wildman–Crippen MR) is 78.4 cm³/mol. The zero-order valence-corrected chi connectivity index (χ0v) is 12.1. The van der Waals surface area contributed by atoms with Gasteiger partial charge in [0.2, 0.25) is 5.91 Å². The first kappa shape index (κ1) is 16.0. The smallest absolute Gasteiger partial charge is 0.308 e. The first-order valence-corrected chi connectivity index (χ1v) is 6.59. The van der Waals surface area contributed by atoms with Gasteiger partial charge < -0.3 is 10.4 Å². The van der Waals surface area contributed by atoms with Gasteiger partial charge in [-0.1, -0.05) is 35.4 Å². The molecule has 0 heterocycles. The minimum absolute atomic E-state index is 0.131. The molecule has 1 aromatic carbocycles. The number of rotatable bonds is 6. The van der Waals surface area contributed by atoms with E-state index in [0.717, 1.165) is 16.7 Å². The lowest BCUT2D eigenvalue weighted by molar-refractivity contribution is -0.141. The molecule has 0 aliphatic heterocycles. The van der Waals surface area contributed by atoms with Crippen LogP contribution in [-0.4, -0.2) is 23.5 Å². The van der Waals surface area contributed by atoms with E-state index in [1.54, 1.807) is 0 Å². The highest BCUT2D eigenvalue weighted by Gasteiger charge is 2.18. The number of aryl methyl sites for hydroxylation is 1. The number of amides is 1. The molecular formula is C16H21NO3. The molecule has 20 heavy (non-hydrogen) atoms. The summed E-state index contributed by atoms with van der Waals surface area (Å²) in [6, 6.07) is 7.75. The number of nitrogens with one attached hydrogen (secondary N) is 1. The predicted octanol–water partition coefficient (Wildman–Crippen LogP) is 2.32. The van der Waals surface area contributed by atoms with Crippen LogP contribution in [0.25, 0.3) is 0 Å². The second-order valence-electron chi connectivity index (χ2n) is 5.20. The van der Waals surface area contributed by atoms with Crippen LogP contribution in [0.15, 0.2) is 35.9 Å². The molecule has 0 fully saturated rings. The van der Waals surface area contributed by atoms with Gasteiger partial charge in [-0.05, 0) is 32.8 Å². The fraction of sp³-hybridized carbons (Fsp3) is 0.375. The van der Waals surface area contributed by atoms with E-state index in [9.17, 15) is 14.7 Å². The molecule has 1 amide bonds. The van der Waals surface area contributed by atoms with Gasteiger partial charge in [0.15, 0.2) is 0 Å². The lowest BCUT2D eigenvalue weighted by Crippen LogP contribution is -2.33. The van der Waals surface area contributed by atoms with Gasteiger partial charge in [0.05, 0.1) is 5.92 Å². The van der Waals surface area contributed by atoms with Crippen LogP contribution in [0.2, 0.25) is 0 Å². The molecule has 0 aliphatic rings. The van der Waals surface area contributed by atoms with Crippen molar-refractivity contribution in [2.45, 2.75) is 27.2 Å². The van der Waals surface area contributed by atoms with Crippen LogP contribution in [0.1, 0.15) is 25.0 Å². The Bertz CT molecular complexity index is 516. The van der Waals surface area contributed by atoms with Crippen LogP contribution in [-0.2, 0) is 16.0 Å². The van der Waals surface area contributed by atoms with Crippen molar-refractivity contribution in [1.82, 2.24) is 5.32 Å². The van der Waals surface area contributed by atoms with Crippen LogP contribution in [0.3, 0.4) is 0 Å². The quantitative estimate of drug-likeness (QED) is 0.783. The zero-order chi connectivity index (χ0) is 15.1. The Hall–Kier alpha value is -2.10. The molecule has 0 radical (unpaired) electrons. The van der Waals surface area contributed by atoms with E-state index in [0.29, 0.717) is 6.42 Å². The minimum atomic E-state index is -0.899. The van der Waals surface area contributed by atoms with E-state index in [-0.39, 0.29) is 12.5 Å². The first-order valence-electron chi connectivity index (χ1n) is 6.59. The molecule has 0 aromatic heterocycles. The third-order valence-electron chi connectivity index (χ3n) is 2.86. The first-order chi connectivity index (χ1) is 9.38. The SMILES string of the molecule is CC(C)=CC(=O)NC[C@H](Cc1cccc(C)c1)C(=O)O. The summed E-state index contributed by atoms with van der Waals surface area (Å²) in [6.07, 6.45) is 1.87. The third kappa shape index (κ3) is 5.69. The molecular weight excluding hydrogens is 254 g/mol. The van der Waals surface area contributed by atoms with Crippen molar-refractivity contribution in [2.75, 3.05) is 6.54 Å². The molecule has 0 bridgehead atoms. The van der Waals surface area contributed by atoms with Gasteiger partial charge >= 0.3 is 5.97 Å². The Labute approximate surface area is 119 Å². The fourth-order valence-electron chi connectivity index (χ4n) is 1.91. The molecule has 1 aromatic rings. The molecule has 2 N–H and O–H groups in total. The van der Waals surface area contributed by atoms with E-state index >= 15 is 0 Å². The van der Waals surface area contributed by atoms with Crippen molar-refractivity contribution < 1.29 is 14.7 Å². The molecule has 1 rings (SSSR count). The highest BCUT2D eigenvalue weighted by Crippen LogP contribution is 2.11. The molecule has 4 nitrogen and oxygen atoms in total. The molecule has 0 unspecified atom stereocenters. The molecule has 1 atom stereocenters. The molecule has 0 saturated heterocycles. The summed E-state index contributed by atoms with van der Waals surface area (Å²) in [4.78, 5) is 22.8. The Morgan fingerprint density at radius 2 is 2.05 bits per heavy atom. The number of allylic oxidation sites excluding steroid dienone is 1. The van der Waals surface area contributed by atoms with Crippen LogP contribution in [0.4, 0.5) is 0 Å². The maximum Gasteiger partial charge on any atom is 0.308 e. The summed E-state index contributed by atoms with van der Waals surface area (Å²) in [5.41, 5.74) is 2.95. The van der Waals surface area contributed by atoms with Crippen LogP contribution < -0.4 is 5.32 Å². The average molecular weight is 275 g/mol. The number of carbonyl (C=O) groups is 2. The topological polar surface area (TPSA) is 66.4 Å². The highest BCUT2D eigenvalue weighted by molar-refractivity contribution is 5.88. The van der Waals surface area contributed by atoms with Crippen molar-refractivity contribution in [1.29, 1.82) is 0 Å². The summed E-state index contributed by atoms with van der Waals surface area (Å²) < 4.78 is 0. The number of carbonyl (C=O) groups excluding carboxylic acids is 1. The maximum absolute atomic E-state index is 11.5. The summed E-state index contributed by atoms with van der Waals surface area (Å²) in [6.45, 7) is 5.74. The summed E-state index contributed by atoms with van der Waals surface area (Å²) in [7, 11) is 0. The van der Waals surface area contributed by atoms with E-state index in [1.165, 1.54) is 6.08 Å². The second kappa shape index (κ2) is 7.48.